The summed E-state index contributed by atoms with van der Waals surface area (Å²) in [6.07, 6.45) is 1.29. The predicted octanol–water partition coefficient (Wildman–Crippen LogP) is 2.53. The van der Waals surface area contributed by atoms with Crippen molar-refractivity contribution in [1.82, 2.24) is 9.97 Å². The standard InChI is InChI=1S/C15H14N2O3/c1-9(2)14-16-8-11(12(17-14)15(19)20)13(18)10-6-4-3-5-7-10/h3-9H,1-2H3,(H,19,20). The highest BCUT2D eigenvalue weighted by molar-refractivity contribution is 6.13. The van der Waals surface area contributed by atoms with E-state index in [0.29, 0.717) is 11.4 Å². The Bertz CT molecular complexity index is 651. The molecule has 0 amide bonds. The molecule has 2 rings (SSSR count). The van der Waals surface area contributed by atoms with Gasteiger partial charge in [-0.15, -0.1) is 0 Å². The molecule has 0 saturated heterocycles. The molecule has 5 heteroatoms. The summed E-state index contributed by atoms with van der Waals surface area (Å²) in [6.45, 7) is 3.72. The molecule has 2 aromatic rings. The average Bonchev–Trinajstić information content (AvgIpc) is 2.46. The Balaban J connectivity index is 2.51. The fourth-order valence-electron chi connectivity index (χ4n) is 1.75. The number of hydrogen-bond donors (Lipinski definition) is 1. The van der Waals surface area contributed by atoms with Crippen LogP contribution in [-0.4, -0.2) is 26.8 Å². The topological polar surface area (TPSA) is 80.2 Å². The molecule has 102 valence electrons. The van der Waals surface area contributed by atoms with Crippen molar-refractivity contribution in [2.24, 2.45) is 0 Å². The first-order valence-electron chi connectivity index (χ1n) is 6.20. The summed E-state index contributed by atoms with van der Waals surface area (Å²) in [5.74, 6) is -1.21. The van der Waals surface area contributed by atoms with Crippen LogP contribution in [0.15, 0.2) is 36.5 Å². The largest absolute Gasteiger partial charge is 0.476 e. The minimum atomic E-state index is -1.23. The number of hydrogen-bond acceptors (Lipinski definition) is 4. The van der Waals surface area contributed by atoms with Gasteiger partial charge in [0.05, 0.1) is 5.56 Å². The molecule has 1 N–H and O–H groups in total. The second-order valence-corrected chi connectivity index (χ2v) is 4.65. The Morgan fingerprint density at radius 3 is 2.35 bits per heavy atom. The minimum Gasteiger partial charge on any atom is -0.476 e. The van der Waals surface area contributed by atoms with Gasteiger partial charge in [0.25, 0.3) is 0 Å². The Morgan fingerprint density at radius 2 is 1.80 bits per heavy atom. The zero-order valence-electron chi connectivity index (χ0n) is 11.2. The number of benzene rings is 1. The number of aromatic nitrogens is 2. The second kappa shape index (κ2) is 5.61. The highest BCUT2D eigenvalue weighted by Gasteiger charge is 2.21. The molecule has 0 aliphatic carbocycles. The molecule has 0 radical (unpaired) electrons. The lowest BCUT2D eigenvalue weighted by Crippen LogP contribution is -2.15. The normalized spacial score (nSPS) is 10.6. The summed E-state index contributed by atoms with van der Waals surface area (Å²) in [6, 6.07) is 8.48. The van der Waals surface area contributed by atoms with Gasteiger partial charge in [-0.25, -0.2) is 14.8 Å². The van der Waals surface area contributed by atoms with Crippen molar-refractivity contribution in [3.05, 3.63) is 59.2 Å². The summed E-state index contributed by atoms with van der Waals surface area (Å²) in [7, 11) is 0. The molecular weight excluding hydrogens is 256 g/mol. The van der Waals surface area contributed by atoms with E-state index in [1.54, 1.807) is 30.3 Å². The highest BCUT2D eigenvalue weighted by Crippen LogP contribution is 2.16. The van der Waals surface area contributed by atoms with Crippen LogP contribution in [0.5, 0.6) is 0 Å². The van der Waals surface area contributed by atoms with Crippen molar-refractivity contribution < 1.29 is 14.7 Å². The van der Waals surface area contributed by atoms with Gasteiger partial charge in [-0.2, -0.15) is 0 Å². The quantitative estimate of drug-likeness (QED) is 0.863. The van der Waals surface area contributed by atoms with Gasteiger partial charge in [-0.3, -0.25) is 4.79 Å². The molecule has 0 aliphatic heterocycles. The van der Waals surface area contributed by atoms with Crippen LogP contribution in [0.1, 0.15) is 52.0 Å². The van der Waals surface area contributed by atoms with E-state index >= 15 is 0 Å². The molecule has 0 fully saturated rings. The fourth-order valence-corrected chi connectivity index (χ4v) is 1.75. The van der Waals surface area contributed by atoms with Crippen LogP contribution in [0.25, 0.3) is 0 Å². The Labute approximate surface area is 116 Å². The van der Waals surface area contributed by atoms with E-state index in [2.05, 4.69) is 9.97 Å². The maximum Gasteiger partial charge on any atom is 0.355 e. The molecule has 1 heterocycles. The third kappa shape index (κ3) is 2.71. The SMILES string of the molecule is CC(C)c1ncc(C(=O)c2ccccc2)c(C(=O)O)n1. The monoisotopic (exact) mass is 270 g/mol. The first-order valence-corrected chi connectivity index (χ1v) is 6.20. The van der Waals surface area contributed by atoms with E-state index in [0.717, 1.165) is 0 Å². The lowest BCUT2D eigenvalue weighted by Gasteiger charge is -2.08. The van der Waals surface area contributed by atoms with Crippen molar-refractivity contribution in [2.75, 3.05) is 0 Å². The number of rotatable bonds is 4. The van der Waals surface area contributed by atoms with Gasteiger partial charge in [0, 0.05) is 17.7 Å². The Hall–Kier alpha value is -2.56. The van der Waals surface area contributed by atoms with Gasteiger partial charge < -0.3 is 5.11 Å². The van der Waals surface area contributed by atoms with Crippen LogP contribution in [0.2, 0.25) is 0 Å². The van der Waals surface area contributed by atoms with Crippen LogP contribution in [0.4, 0.5) is 0 Å². The maximum absolute atomic E-state index is 12.3. The van der Waals surface area contributed by atoms with E-state index in [1.165, 1.54) is 6.20 Å². The molecule has 0 atom stereocenters. The van der Waals surface area contributed by atoms with Gasteiger partial charge in [-0.05, 0) is 0 Å². The van der Waals surface area contributed by atoms with Crippen molar-refractivity contribution >= 4 is 11.8 Å². The van der Waals surface area contributed by atoms with Crippen molar-refractivity contribution in [2.45, 2.75) is 19.8 Å². The molecular formula is C15H14N2O3. The molecule has 1 aromatic carbocycles. The molecule has 5 nitrogen and oxygen atoms in total. The number of carbonyl (C=O) groups excluding carboxylic acids is 1. The van der Waals surface area contributed by atoms with Crippen molar-refractivity contribution in [3.8, 4) is 0 Å². The molecule has 0 spiro atoms. The third-order valence-corrected chi connectivity index (χ3v) is 2.81. The number of nitrogens with zero attached hydrogens (tertiary/aromatic N) is 2. The molecule has 0 bridgehead atoms. The lowest BCUT2D eigenvalue weighted by atomic mass is 10.0. The summed E-state index contributed by atoms with van der Waals surface area (Å²) in [4.78, 5) is 31.7. The van der Waals surface area contributed by atoms with E-state index in [4.69, 9.17) is 0 Å². The molecule has 0 unspecified atom stereocenters. The van der Waals surface area contributed by atoms with Crippen LogP contribution in [0.3, 0.4) is 0 Å². The van der Waals surface area contributed by atoms with Crippen LogP contribution in [0, 0.1) is 0 Å². The highest BCUT2D eigenvalue weighted by atomic mass is 16.4. The third-order valence-electron chi connectivity index (χ3n) is 2.81. The Morgan fingerprint density at radius 1 is 1.15 bits per heavy atom. The zero-order valence-corrected chi connectivity index (χ0v) is 11.2. The molecule has 0 aliphatic rings. The minimum absolute atomic E-state index is 0.00558. The summed E-state index contributed by atoms with van der Waals surface area (Å²) in [5, 5.41) is 9.23. The Kier molecular flexibility index (Phi) is 3.89. The number of ketones is 1. The predicted molar refractivity (Wildman–Crippen MR) is 73.0 cm³/mol. The average molecular weight is 270 g/mol. The summed E-state index contributed by atoms with van der Waals surface area (Å²) < 4.78 is 0. The maximum atomic E-state index is 12.3. The number of carboxylic acid groups (broad SMARTS) is 1. The van der Waals surface area contributed by atoms with E-state index in [-0.39, 0.29) is 17.2 Å². The van der Waals surface area contributed by atoms with Crippen molar-refractivity contribution in [1.29, 1.82) is 0 Å². The van der Waals surface area contributed by atoms with Crippen LogP contribution in [-0.2, 0) is 0 Å². The van der Waals surface area contributed by atoms with Gasteiger partial charge >= 0.3 is 5.97 Å². The lowest BCUT2D eigenvalue weighted by molar-refractivity contribution is 0.0685. The number of carboxylic acids is 1. The first kappa shape index (κ1) is 13.9. The summed E-state index contributed by atoms with van der Waals surface area (Å²) in [5.41, 5.74) is 0.168. The van der Waals surface area contributed by atoms with E-state index in [1.807, 2.05) is 13.8 Å². The van der Waals surface area contributed by atoms with Gasteiger partial charge in [0.2, 0.25) is 0 Å². The van der Waals surface area contributed by atoms with Crippen LogP contribution < -0.4 is 0 Å². The molecule has 1 aromatic heterocycles. The number of carbonyl (C=O) groups is 2. The zero-order chi connectivity index (χ0) is 14.7. The number of aromatic carboxylic acids is 1. The smallest absolute Gasteiger partial charge is 0.355 e. The van der Waals surface area contributed by atoms with E-state index in [9.17, 15) is 14.7 Å². The molecule has 0 saturated carbocycles. The van der Waals surface area contributed by atoms with Crippen LogP contribution >= 0.6 is 0 Å². The molecule has 20 heavy (non-hydrogen) atoms. The van der Waals surface area contributed by atoms with Crippen molar-refractivity contribution in [3.63, 3.8) is 0 Å². The first-order chi connectivity index (χ1) is 9.50. The second-order valence-electron chi connectivity index (χ2n) is 4.65. The fraction of sp³-hybridized carbons (Fsp3) is 0.200. The van der Waals surface area contributed by atoms with Gasteiger partial charge in [0.1, 0.15) is 5.82 Å². The van der Waals surface area contributed by atoms with Gasteiger partial charge in [-0.1, -0.05) is 44.2 Å². The van der Waals surface area contributed by atoms with E-state index < -0.39 is 11.8 Å². The summed E-state index contributed by atoms with van der Waals surface area (Å²) >= 11 is 0. The van der Waals surface area contributed by atoms with Gasteiger partial charge in [0.15, 0.2) is 11.5 Å².